The predicted octanol–water partition coefficient (Wildman–Crippen LogP) is 3.06. The summed E-state index contributed by atoms with van der Waals surface area (Å²) < 4.78 is 52.0. The van der Waals surface area contributed by atoms with Crippen molar-refractivity contribution >= 4 is 17.3 Å². The van der Waals surface area contributed by atoms with Gasteiger partial charge >= 0.3 is 5.97 Å². The number of hydrogen-bond acceptors (Lipinski definition) is 3. The molecular formula is C10H3F4NO2S. The molecule has 0 aliphatic carbocycles. The number of aromatic carboxylic acids is 1. The molecule has 18 heavy (non-hydrogen) atoms. The van der Waals surface area contributed by atoms with Gasteiger partial charge in [0, 0.05) is 5.38 Å². The van der Waals surface area contributed by atoms with E-state index in [1.165, 1.54) is 0 Å². The molecule has 0 aliphatic rings. The Bertz CT molecular complexity index is 641. The standard InChI is InChI=1S/C10H3F4NO2S/c11-4-1-3(6(12)8(14)7(4)13)9-15-5(2-18-9)10(16)17/h1-2H,(H,16,17). The van der Waals surface area contributed by atoms with Gasteiger partial charge < -0.3 is 5.11 Å². The fourth-order valence-electron chi connectivity index (χ4n) is 1.22. The van der Waals surface area contributed by atoms with Crippen LogP contribution < -0.4 is 0 Å². The van der Waals surface area contributed by atoms with Crippen LogP contribution in [-0.4, -0.2) is 16.1 Å². The highest BCUT2D eigenvalue weighted by Crippen LogP contribution is 2.30. The number of carboxylic acid groups (broad SMARTS) is 1. The molecule has 1 aromatic heterocycles. The van der Waals surface area contributed by atoms with Gasteiger partial charge in [-0.3, -0.25) is 0 Å². The molecule has 0 atom stereocenters. The van der Waals surface area contributed by atoms with E-state index in [-0.39, 0.29) is 10.7 Å². The SMILES string of the molecule is O=C(O)c1csc(-c2cc(F)c(F)c(F)c2F)n1. The van der Waals surface area contributed by atoms with Crippen LogP contribution in [0.15, 0.2) is 11.4 Å². The second kappa shape index (κ2) is 4.37. The first-order valence-corrected chi connectivity index (χ1v) is 5.32. The first-order chi connectivity index (χ1) is 8.41. The van der Waals surface area contributed by atoms with Gasteiger partial charge in [0.05, 0.1) is 5.56 Å². The highest BCUT2D eigenvalue weighted by atomic mass is 32.1. The van der Waals surface area contributed by atoms with Crippen LogP contribution in [0.25, 0.3) is 10.6 Å². The maximum Gasteiger partial charge on any atom is 0.355 e. The van der Waals surface area contributed by atoms with E-state index in [1.807, 2.05) is 0 Å². The van der Waals surface area contributed by atoms with Crippen LogP contribution in [0.2, 0.25) is 0 Å². The number of thiazole rings is 1. The number of aromatic nitrogens is 1. The van der Waals surface area contributed by atoms with Crippen molar-refractivity contribution in [3.05, 3.63) is 40.4 Å². The summed E-state index contributed by atoms with van der Waals surface area (Å²) in [6.45, 7) is 0. The van der Waals surface area contributed by atoms with Crippen molar-refractivity contribution in [2.75, 3.05) is 0 Å². The van der Waals surface area contributed by atoms with Crippen LogP contribution in [0.1, 0.15) is 10.5 Å². The molecule has 0 bridgehead atoms. The topological polar surface area (TPSA) is 50.2 Å². The van der Waals surface area contributed by atoms with Gasteiger partial charge in [-0.2, -0.15) is 0 Å². The van der Waals surface area contributed by atoms with E-state index in [0.29, 0.717) is 17.4 Å². The Morgan fingerprint density at radius 3 is 2.39 bits per heavy atom. The third-order valence-corrected chi connectivity index (χ3v) is 2.93. The molecule has 0 saturated heterocycles. The Balaban J connectivity index is 2.60. The molecule has 0 saturated carbocycles. The van der Waals surface area contributed by atoms with Crippen molar-refractivity contribution in [2.45, 2.75) is 0 Å². The zero-order chi connectivity index (χ0) is 13.4. The Labute approximate surface area is 101 Å². The Kier molecular flexibility index (Phi) is 3.04. The van der Waals surface area contributed by atoms with Gasteiger partial charge in [-0.05, 0) is 6.07 Å². The van der Waals surface area contributed by atoms with Gasteiger partial charge in [0.15, 0.2) is 29.0 Å². The van der Waals surface area contributed by atoms with E-state index in [4.69, 9.17) is 5.11 Å². The lowest BCUT2D eigenvalue weighted by atomic mass is 10.2. The van der Waals surface area contributed by atoms with Gasteiger partial charge in [-0.1, -0.05) is 0 Å². The number of carboxylic acids is 1. The fraction of sp³-hybridized carbons (Fsp3) is 0. The number of halogens is 4. The highest BCUT2D eigenvalue weighted by Gasteiger charge is 2.22. The zero-order valence-electron chi connectivity index (χ0n) is 8.38. The average molecular weight is 277 g/mol. The van der Waals surface area contributed by atoms with Gasteiger partial charge in [-0.15, -0.1) is 11.3 Å². The summed E-state index contributed by atoms with van der Waals surface area (Å²) >= 11 is 0.681. The summed E-state index contributed by atoms with van der Waals surface area (Å²) in [4.78, 5) is 14.0. The molecule has 8 heteroatoms. The number of benzene rings is 1. The summed E-state index contributed by atoms with van der Waals surface area (Å²) in [6.07, 6.45) is 0. The summed E-state index contributed by atoms with van der Waals surface area (Å²) in [7, 11) is 0. The molecule has 1 heterocycles. The van der Waals surface area contributed by atoms with Crippen molar-refractivity contribution in [1.29, 1.82) is 0 Å². The highest BCUT2D eigenvalue weighted by molar-refractivity contribution is 7.13. The fourth-order valence-corrected chi connectivity index (χ4v) is 2.03. The predicted molar refractivity (Wildman–Crippen MR) is 54.3 cm³/mol. The molecular weight excluding hydrogens is 274 g/mol. The number of nitrogens with zero attached hydrogens (tertiary/aromatic N) is 1. The summed E-state index contributed by atoms with van der Waals surface area (Å²) in [5.74, 6) is -8.43. The van der Waals surface area contributed by atoms with Crippen molar-refractivity contribution in [2.24, 2.45) is 0 Å². The molecule has 1 aromatic carbocycles. The first-order valence-electron chi connectivity index (χ1n) is 4.44. The molecule has 0 radical (unpaired) electrons. The molecule has 2 rings (SSSR count). The van der Waals surface area contributed by atoms with Crippen LogP contribution in [0, 0.1) is 23.3 Å². The monoisotopic (exact) mass is 277 g/mol. The van der Waals surface area contributed by atoms with Gasteiger partial charge in [-0.25, -0.2) is 27.3 Å². The van der Waals surface area contributed by atoms with Crippen molar-refractivity contribution in [3.63, 3.8) is 0 Å². The Morgan fingerprint density at radius 2 is 1.83 bits per heavy atom. The van der Waals surface area contributed by atoms with Crippen LogP contribution >= 0.6 is 11.3 Å². The zero-order valence-corrected chi connectivity index (χ0v) is 9.19. The maximum absolute atomic E-state index is 13.4. The van der Waals surface area contributed by atoms with Crippen molar-refractivity contribution in [1.82, 2.24) is 4.98 Å². The number of carbonyl (C=O) groups is 1. The molecule has 0 aliphatic heterocycles. The van der Waals surface area contributed by atoms with Gasteiger partial charge in [0.25, 0.3) is 0 Å². The Morgan fingerprint density at radius 1 is 1.17 bits per heavy atom. The smallest absolute Gasteiger partial charge is 0.355 e. The van der Waals surface area contributed by atoms with E-state index in [9.17, 15) is 22.4 Å². The lowest BCUT2D eigenvalue weighted by Crippen LogP contribution is -1.99. The third kappa shape index (κ3) is 1.94. The Hall–Kier alpha value is -1.96. The minimum absolute atomic E-state index is 0.247. The lowest BCUT2D eigenvalue weighted by molar-refractivity contribution is 0.0691. The van der Waals surface area contributed by atoms with E-state index >= 15 is 0 Å². The van der Waals surface area contributed by atoms with E-state index < -0.39 is 34.8 Å². The summed E-state index contributed by atoms with van der Waals surface area (Å²) in [6, 6.07) is 0.429. The largest absolute Gasteiger partial charge is 0.476 e. The van der Waals surface area contributed by atoms with Gasteiger partial charge in [0.1, 0.15) is 5.01 Å². The second-order valence-corrected chi connectivity index (χ2v) is 4.05. The van der Waals surface area contributed by atoms with Gasteiger partial charge in [0.2, 0.25) is 0 Å². The number of hydrogen-bond donors (Lipinski definition) is 1. The molecule has 0 amide bonds. The van der Waals surface area contributed by atoms with Crippen LogP contribution in [0.5, 0.6) is 0 Å². The maximum atomic E-state index is 13.4. The molecule has 1 N–H and O–H groups in total. The van der Waals surface area contributed by atoms with E-state index in [1.54, 1.807) is 0 Å². The average Bonchev–Trinajstić information content (AvgIpc) is 2.80. The molecule has 94 valence electrons. The summed E-state index contributed by atoms with van der Waals surface area (Å²) in [5.41, 5.74) is -1.01. The number of rotatable bonds is 2. The van der Waals surface area contributed by atoms with Crippen molar-refractivity contribution in [3.8, 4) is 10.6 Å². The van der Waals surface area contributed by atoms with Crippen LogP contribution in [0.4, 0.5) is 17.6 Å². The van der Waals surface area contributed by atoms with E-state index in [0.717, 1.165) is 5.38 Å². The molecule has 0 spiro atoms. The minimum atomic E-state index is -1.96. The molecule has 0 unspecified atom stereocenters. The second-order valence-electron chi connectivity index (χ2n) is 3.19. The molecule has 3 nitrogen and oxygen atoms in total. The third-order valence-electron chi connectivity index (χ3n) is 2.06. The molecule has 2 aromatic rings. The lowest BCUT2D eigenvalue weighted by Gasteiger charge is -2.02. The molecule has 0 fully saturated rings. The first kappa shape index (κ1) is 12.5. The normalized spacial score (nSPS) is 10.7. The minimum Gasteiger partial charge on any atom is -0.476 e. The summed E-state index contributed by atoms with van der Waals surface area (Å²) in [5, 5.41) is 9.44. The van der Waals surface area contributed by atoms with Crippen molar-refractivity contribution < 1.29 is 27.5 Å². The van der Waals surface area contributed by atoms with E-state index in [2.05, 4.69) is 4.98 Å². The van der Waals surface area contributed by atoms with Crippen LogP contribution in [-0.2, 0) is 0 Å². The van der Waals surface area contributed by atoms with Crippen LogP contribution in [0.3, 0.4) is 0 Å². The quantitative estimate of drug-likeness (QED) is 0.521.